The highest BCUT2D eigenvalue weighted by molar-refractivity contribution is 5.92. The SMILES string of the molecule is CNC1CCCN(CC(=O)Nc2cccc(Oc3ccccc3)c2)C1. The Hall–Kier alpha value is -2.37. The minimum atomic E-state index is 0.00798. The van der Waals surface area contributed by atoms with E-state index < -0.39 is 0 Å². The maximum Gasteiger partial charge on any atom is 0.238 e. The van der Waals surface area contributed by atoms with Crippen LogP contribution in [0, 0.1) is 0 Å². The van der Waals surface area contributed by atoms with Crippen LogP contribution in [0.1, 0.15) is 12.8 Å². The number of nitrogens with zero attached hydrogens (tertiary/aromatic N) is 1. The van der Waals surface area contributed by atoms with Crippen molar-refractivity contribution >= 4 is 11.6 Å². The fourth-order valence-electron chi connectivity index (χ4n) is 3.10. The molecule has 0 aromatic heterocycles. The van der Waals surface area contributed by atoms with E-state index in [9.17, 15) is 4.79 Å². The molecule has 1 aliphatic rings. The van der Waals surface area contributed by atoms with Crippen LogP contribution in [0.2, 0.25) is 0 Å². The summed E-state index contributed by atoms with van der Waals surface area (Å²) in [6.45, 7) is 2.31. The number of rotatable bonds is 6. The van der Waals surface area contributed by atoms with Crippen molar-refractivity contribution in [1.29, 1.82) is 0 Å². The van der Waals surface area contributed by atoms with Gasteiger partial charge in [-0.1, -0.05) is 24.3 Å². The van der Waals surface area contributed by atoms with Crippen molar-refractivity contribution < 1.29 is 9.53 Å². The fourth-order valence-corrected chi connectivity index (χ4v) is 3.10. The lowest BCUT2D eigenvalue weighted by Gasteiger charge is -2.31. The number of likely N-dealkylation sites (N-methyl/N-ethyl adjacent to an activating group) is 1. The van der Waals surface area contributed by atoms with Crippen molar-refractivity contribution in [2.45, 2.75) is 18.9 Å². The molecule has 2 aromatic carbocycles. The summed E-state index contributed by atoms with van der Waals surface area (Å²) in [6, 6.07) is 17.6. The Morgan fingerprint density at radius 1 is 1.16 bits per heavy atom. The first-order valence-corrected chi connectivity index (χ1v) is 8.75. The molecule has 1 atom stereocenters. The summed E-state index contributed by atoms with van der Waals surface area (Å²) in [5.74, 6) is 1.49. The number of amides is 1. The third kappa shape index (κ3) is 5.31. The fraction of sp³-hybridized carbons (Fsp3) is 0.350. The second kappa shape index (κ2) is 8.65. The molecule has 0 aliphatic carbocycles. The van der Waals surface area contributed by atoms with Crippen molar-refractivity contribution in [2.24, 2.45) is 0 Å². The Bertz CT molecular complexity index is 690. The predicted molar refractivity (Wildman–Crippen MR) is 100 cm³/mol. The van der Waals surface area contributed by atoms with E-state index in [2.05, 4.69) is 15.5 Å². The molecule has 1 heterocycles. The second-order valence-corrected chi connectivity index (χ2v) is 6.35. The third-order valence-corrected chi connectivity index (χ3v) is 4.38. The zero-order valence-corrected chi connectivity index (χ0v) is 14.6. The minimum Gasteiger partial charge on any atom is -0.457 e. The summed E-state index contributed by atoms with van der Waals surface area (Å²) >= 11 is 0. The summed E-state index contributed by atoms with van der Waals surface area (Å²) < 4.78 is 5.81. The van der Waals surface area contributed by atoms with Gasteiger partial charge in [-0.05, 0) is 50.7 Å². The molecule has 3 rings (SSSR count). The molecule has 25 heavy (non-hydrogen) atoms. The number of anilines is 1. The molecular weight excluding hydrogens is 314 g/mol. The van der Waals surface area contributed by atoms with E-state index in [-0.39, 0.29) is 5.91 Å². The Labute approximate surface area is 149 Å². The number of piperidine rings is 1. The van der Waals surface area contributed by atoms with Crippen molar-refractivity contribution in [2.75, 3.05) is 32.0 Å². The van der Waals surface area contributed by atoms with Crippen LogP contribution >= 0.6 is 0 Å². The van der Waals surface area contributed by atoms with Crippen molar-refractivity contribution in [3.63, 3.8) is 0 Å². The smallest absolute Gasteiger partial charge is 0.238 e. The summed E-state index contributed by atoms with van der Waals surface area (Å²) in [7, 11) is 1.98. The molecule has 1 saturated heterocycles. The quantitative estimate of drug-likeness (QED) is 0.849. The molecule has 0 bridgehead atoms. The van der Waals surface area contributed by atoms with Crippen LogP contribution in [0.4, 0.5) is 5.69 Å². The van der Waals surface area contributed by atoms with Gasteiger partial charge in [0.05, 0.1) is 6.54 Å². The van der Waals surface area contributed by atoms with Gasteiger partial charge < -0.3 is 15.4 Å². The van der Waals surface area contributed by atoms with Crippen molar-refractivity contribution in [3.05, 3.63) is 54.6 Å². The van der Waals surface area contributed by atoms with E-state index >= 15 is 0 Å². The molecule has 0 spiro atoms. The third-order valence-electron chi connectivity index (χ3n) is 4.38. The number of benzene rings is 2. The molecule has 1 aliphatic heterocycles. The van der Waals surface area contributed by atoms with Crippen LogP contribution < -0.4 is 15.4 Å². The maximum absolute atomic E-state index is 12.3. The van der Waals surface area contributed by atoms with Crippen LogP contribution in [-0.4, -0.2) is 43.5 Å². The van der Waals surface area contributed by atoms with E-state index in [4.69, 9.17) is 4.74 Å². The monoisotopic (exact) mass is 339 g/mol. The van der Waals surface area contributed by atoms with E-state index in [1.165, 1.54) is 6.42 Å². The predicted octanol–water partition coefficient (Wildman–Crippen LogP) is 3.10. The van der Waals surface area contributed by atoms with E-state index in [1.807, 2.05) is 61.6 Å². The van der Waals surface area contributed by atoms with Gasteiger partial charge in [0, 0.05) is 24.3 Å². The first kappa shape index (κ1) is 17.5. The zero-order chi connectivity index (χ0) is 17.5. The number of nitrogens with one attached hydrogen (secondary N) is 2. The molecule has 1 unspecified atom stereocenters. The molecule has 0 radical (unpaired) electrons. The molecule has 2 N–H and O–H groups in total. The van der Waals surface area contributed by atoms with Crippen LogP contribution in [0.5, 0.6) is 11.5 Å². The number of hydrogen-bond donors (Lipinski definition) is 2. The molecule has 1 fully saturated rings. The number of carbonyl (C=O) groups excluding carboxylic acids is 1. The summed E-state index contributed by atoms with van der Waals surface area (Å²) in [6.07, 6.45) is 2.30. The van der Waals surface area contributed by atoms with Gasteiger partial charge in [0.1, 0.15) is 11.5 Å². The summed E-state index contributed by atoms with van der Waals surface area (Å²) in [4.78, 5) is 14.5. The first-order valence-electron chi connectivity index (χ1n) is 8.75. The van der Waals surface area contributed by atoms with Crippen LogP contribution in [0.15, 0.2) is 54.6 Å². The maximum atomic E-state index is 12.3. The highest BCUT2D eigenvalue weighted by atomic mass is 16.5. The highest BCUT2D eigenvalue weighted by Crippen LogP contribution is 2.23. The summed E-state index contributed by atoms with van der Waals surface area (Å²) in [5, 5.41) is 6.26. The van der Waals surface area contributed by atoms with Gasteiger partial charge in [-0.25, -0.2) is 0 Å². The first-order chi connectivity index (χ1) is 12.2. The van der Waals surface area contributed by atoms with Gasteiger partial charge in [-0.3, -0.25) is 9.69 Å². The number of likely N-dealkylation sites (tertiary alicyclic amines) is 1. The second-order valence-electron chi connectivity index (χ2n) is 6.35. The van der Waals surface area contributed by atoms with E-state index in [0.29, 0.717) is 18.3 Å². The minimum absolute atomic E-state index is 0.00798. The molecule has 0 saturated carbocycles. The largest absolute Gasteiger partial charge is 0.457 e. The number of carbonyl (C=O) groups is 1. The van der Waals surface area contributed by atoms with Gasteiger partial charge in [-0.15, -0.1) is 0 Å². The average molecular weight is 339 g/mol. The van der Waals surface area contributed by atoms with Crippen molar-refractivity contribution in [3.8, 4) is 11.5 Å². The lowest BCUT2D eigenvalue weighted by molar-refractivity contribution is -0.117. The molecule has 2 aromatic rings. The van der Waals surface area contributed by atoms with E-state index in [0.717, 1.165) is 30.9 Å². The Morgan fingerprint density at radius 3 is 2.76 bits per heavy atom. The van der Waals surface area contributed by atoms with E-state index in [1.54, 1.807) is 0 Å². The Balaban J connectivity index is 1.55. The highest BCUT2D eigenvalue weighted by Gasteiger charge is 2.20. The number of ether oxygens (including phenoxy) is 1. The molecule has 5 heteroatoms. The lowest BCUT2D eigenvalue weighted by Crippen LogP contribution is -2.46. The summed E-state index contributed by atoms with van der Waals surface area (Å²) in [5.41, 5.74) is 0.751. The molecule has 132 valence electrons. The van der Waals surface area contributed by atoms with Crippen LogP contribution in [0.3, 0.4) is 0 Å². The number of para-hydroxylation sites is 1. The average Bonchev–Trinajstić information content (AvgIpc) is 2.63. The standard InChI is InChI=1S/C20H25N3O2/c1-21-17-8-6-12-23(14-17)15-20(24)22-16-7-5-11-19(13-16)25-18-9-3-2-4-10-18/h2-5,7,9-11,13,17,21H,6,8,12,14-15H2,1H3,(H,22,24). The Kier molecular flexibility index (Phi) is 6.04. The zero-order valence-electron chi connectivity index (χ0n) is 14.6. The molecular formula is C20H25N3O2. The van der Waals surface area contributed by atoms with Gasteiger partial charge in [-0.2, -0.15) is 0 Å². The Morgan fingerprint density at radius 2 is 1.96 bits per heavy atom. The normalized spacial score (nSPS) is 17.9. The van der Waals surface area contributed by atoms with Gasteiger partial charge in [0.25, 0.3) is 0 Å². The molecule has 1 amide bonds. The van der Waals surface area contributed by atoms with Crippen molar-refractivity contribution in [1.82, 2.24) is 10.2 Å². The van der Waals surface area contributed by atoms with Crippen LogP contribution in [-0.2, 0) is 4.79 Å². The van der Waals surface area contributed by atoms with Gasteiger partial charge in [0.15, 0.2) is 0 Å². The number of hydrogen-bond acceptors (Lipinski definition) is 4. The topological polar surface area (TPSA) is 53.6 Å². The molecule has 5 nitrogen and oxygen atoms in total. The van der Waals surface area contributed by atoms with Crippen LogP contribution in [0.25, 0.3) is 0 Å². The van der Waals surface area contributed by atoms with Gasteiger partial charge >= 0.3 is 0 Å². The lowest BCUT2D eigenvalue weighted by atomic mass is 10.1. The van der Waals surface area contributed by atoms with Gasteiger partial charge in [0.2, 0.25) is 5.91 Å².